The Hall–Kier alpha value is -1.60. The van der Waals surface area contributed by atoms with E-state index in [9.17, 15) is 0 Å². The normalized spacial score (nSPS) is 11.0. The Morgan fingerprint density at radius 2 is 2.39 bits per heavy atom. The zero-order valence-corrected chi connectivity index (χ0v) is 11.3. The maximum absolute atomic E-state index is 5.86. The first kappa shape index (κ1) is 11.5. The van der Waals surface area contributed by atoms with E-state index in [2.05, 4.69) is 36.3 Å². The Morgan fingerprint density at radius 3 is 3.17 bits per heavy atom. The van der Waals surface area contributed by atoms with Gasteiger partial charge in [0.2, 0.25) is 11.2 Å². The second kappa shape index (κ2) is 4.58. The van der Waals surface area contributed by atoms with Gasteiger partial charge in [-0.25, -0.2) is 9.50 Å². The van der Waals surface area contributed by atoms with Crippen molar-refractivity contribution in [1.29, 1.82) is 0 Å². The van der Waals surface area contributed by atoms with Gasteiger partial charge in [0, 0.05) is 10.7 Å². The first-order chi connectivity index (χ1) is 8.72. The SMILES string of the molecule is Clc1nc(NCc2ncco2)c2cc(Br)cn2n1. The highest BCUT2D eigenvalue weighted by Gasteiger charge is 2.09. The fourth-order valence-corrected chi connectivity index (χ4v) is 2.15. The summed E-state index contributed by atoms with van der Waals surface area (Å²) in [5.74, 6) is 1.20. The minimum atomic E-state index is 0.167. The first-order valence-corrected chi connectivity index (χ1v) is 6.23. The molecule has 3 heterocycles. The van der Waals surface area contributed by atoms with Crippen molar-refractivity contribution in [2.45, 2.75) is 6.54 Å². The predicted octanol–water partition coefficient (Wildman–Crippen LogP) is 2.75. The van der Waals surface area contributed by atoms with Gasteiger partial charge in [0.25, 0.3) is 0 Å². The van der Waals surface area contributed by atoms with Crippen molar-refractivity contribution < 1.29 is 4.42 Å². The van der Waals surface area contributed by atoms with Gasteiger partial charge in [-0.1, -0.05) is 0 Å². The highest BCUT2D eigenvalue weighted by Crippen LogP contribution is 2.22. The number of aromatic nitrogens is 4. The molecule has 0 spiro atoms. The lowest BCUT2D eigenvalue weighted by molar-refractivity contribution is 0.503. The molecule has 0 amide bonds. The molecule has 0 saturated carbocycles. The largest absolute Gasteiger partial charge is 0.447 e. The maximum Gasteiger partial charge on any atom is 0.243 e. The van der Waals surface area contributed by atoms with Gasteiger partial charge in [-0.3, -0.25) is 0 Å². The average Bonchev–Trinajstić information content (AvgIpc) is 2.93. The van der Waals surface area contributed by atoms with Crippen molar-refractivity contribution in [3.05, 3.63) is 40.4 Å². The van der Waals surface area contributed by atoms with Crippen LogP contribution in [-0.2, 0) is 6.54 Å². The third-order valence-electron chi connectivity index (χ3n) is 2.29. The molecule has 92 valence electrons. The van der Waals surface area contributed by atoms with Crippen LogP contribution in [0.25, 0.3) is 5.52 Å². The van der Waals surface area contributed by atoms with Crippen molar-refractivity contribution in [1.82, 2.24) is 19.6 Å². The number of anilines is 1. The zero-order chi connectivity index (χ0) is 12.5. The zero-order valence-electron chi connectivity index (χ0n) is 8.97. The molecular formula is C10H7BrClN5O. The van der Waals surface area contributed by atoms with Crippen LogP contribution in [0.15, 0.2) is 33.6 Å². The van der Waals surface area contributed by atoms with Crippen molar-refractivity contribution in [3.63, 3.8) is 0 Å². The molecule has 0 bridgehead atoms. The summed E-state index contributed by atoms with van der Waals surface area (Å²) in [6.45, 7) is 0.429. The van der Waals surface area contributed by atoms with Crippen LogP contribution in [0, 0.1) is 0 Å². The molecule has 0 radical (unpaired) electrons. The molecule has 1 N–H and O–H groups in total. The summed E-state index contributed by atoms with van der Waals surface area (Å²) in [6.07, 6.45) is 4.92. The van der Waals surface area contributed by atoms with Crippen LogP contribution >= 0.6 is 27.5 Å². The van der Waals surface area contributed by atoms with E-state index in [1.807, 2.05) is 6.07 Å². The van der Waals surface area contributed by atoms with Crippen molar-refractivity contribution >= 4 is 38.9 Å². The third-order valence-corrected chi connectivity index (χ3v) is 2.89. The fraction of sp³-hybridized carbons (Fsp3) is 0.100. The molecule has 0 aliphatic rings. The van der Waals surface area contributed by atoms with E-state index in [1.165, 1.54) is 6.26 Å². The number of hydrogen-bond donors (Lipinski definition) is 1. The van der Waals surface area contributed by atoms with Crippen LogP contribution in [-0.4, -0.2) is 19.6 Å². The summed E-state index contributed by atoms with van der Waals surface area (Å²) in [7, 11) is 0. The summed E-state index contributed by atoms with van der Waals surface area (Å²) >= 11 is 9.24. The topological polar surface area (TPSA) is 68.2 Å². The van der Waals surface area contributed by atoms with Gasteiger partial charge < -0.3 is 9.73 Å². The molecule has 0 unspecified atom stereocenters. The molecule has 0 fully saturated rings. The Morgan fingerprint density at radius 1 is 1.50 bits per heavy atom. The number of nitrogens with one attached hydrogen (secondary N) is 1. The smallest absolute Gasteiger partial charge is 0.243 e. The highest BCUT2D eigenvalue weighted by atomic mass is 79.9. The second-order valence-corrected chi connectivity index (χ2v) is 4.75. The van der Waals surface area contributed by atoms with E-state index >= 15 is 0 Å². The van der Waals surface area contributed by atoms with E-state index in [-0.39, 0.29) is 5.28 Å². The van der Waals surface area contributed by atoms with Crippen LogP contribution in [0.1, 0.15) is 5.89 Å². The van der Waals surface area contributed by atoms with Crippen LogP contribution in [0.2, 0.25) is 5.28 Å². The number of fused-ring (bicyclic) bond motifs is 1. The van der Waals surface area contributed by atoms with Gasteiger partial charge in [0.1, 0.15) is 11.8 Å². The molecule has 3 rings (SSSR count). The molecule has 8 heteroatoms. The minimum Gasteiger partial charge on any atom is -0.447 e. The van der Waals surface area contributed by atoms with Crippen LogP contribution in [0.3, 0.4) is 0 Å². The molecule has 3 aromatic rings. The van der Waals surface area contributed by atoms with Crippen molar-refractivity contribution in [3.8, 4) is 0 Å². The Bertz CT molecular complexity index is 681. The molecule has 6 nitrogen and oxygen atoms in total. The molecule has 0 atom stereocenters. The molecule has 0 aromatic carbocycles. The summed E-state index contributed by atoms with van der Waals surface area (Å²) in [4.78, 5) is 8.16. The van der Waals surface area contributed by atoms with E-state index < -0.39 is 0 Å². The molecule has 0 saturated heterocycles. The van der Waals surface area contributed by atoms with Gasteiger partial charge >= 0.3 is 0 Å². The summed E-state index contributed by atoms with van der Waals surface area (Å²) < 4.78 is 7.69. The van der Waals surface area contributed by atoms with Gasteiger partial charge in [-0.05, 0) is 33.6 Å². The van der Waals surface area contributed by atoms with Gasteiger partial charge in [0.15, 0.2) is 5.82 Å². The summed E-state index contributed by atoms with van der Waals surface area (Å²) in [5.41, 5.74) is 0.817. The molecular weight excluding hydrogens is 322 g/mol. The summed E-state index contributed by atoms with van der Waals surface area (Å²) in [5, 5.41) is 7.34. The third kappa shape index (κ3) is 2.19. The molecule has 3 aromatic heterocycles. The van der Waals surface area contributed by atoms with Crippen molar-refractivity contribution in [2.75, 3.05) is 5.32 Å². The lowest BCUT2D eigenvalue weighted by Crippen LogP contribution is -2.05. The van der Waals surface area contributed by atoms with Crippen LogP contribution < -0.4 is 5.32 Å². The van der Waals surface area contributed by atoms with Crippen LogP contribution in [0.5, 0.6) is 0 Å². The Kier molecular flexibility index (Phi) is 2.92. The standard InChI is InChI=1S/C10H7BrClN5O/c11-6-3-7-9(14-4-8-13-1-2-18-8)15-10(12)16-17(7)5-6/h1-3,5H,4H2,(H,14,15,16). The first-order valence-electron chi connectivity index (χ1n) is 5.06. The lowest BCUT2D eigenvalue weighted by Gasteiger charge is -2.05. The minimum absolute atomic E-state index is 0.167. The maximum atomic E-state index is 5.86. The fourth-order valence-electron chi connectivity index (χ4n) is 1.57. The predicted molar refractivity (Wildman–Crippen MR) is 69.5 cm³/mol. The van der Waals surface area contributed by atoms with E-state index in [1.54, 1.807) is 16.9 Å². The molecule has 18 heavy (non-hydrogen) atoms. The molecule has 0 aliphatic carbocycles. The van der Waals surface area contributed by atoms with E-state index in [4.69, 9.17) is 16.0 Å². The monoisotopic (exact) mass is 327 g/mol. The lowest BCUT2D eigenvalue weighted by atomic mass is 10.4. The number of halogens is 2. The van der Waals surface area contributed by atoms with Gasteiger partial charge in [-0.2, -0.15) is 4.98 Å². The Labute approximate surface area is 115 Å². The van der Waals surface area contributed by atoms with E-state index in [0.29, 0.717) is 18.3 Å². The number of hydrogen-bond acceptors (Lipinski definition) is 5. The van der Waals surface area contributed by atoms with Crippen molar-refractivity contribution in [2.24, 2.45) is 0 Å². The van der Waals surface area contributed by atoms with Gasteiger partial charge in [0.05, 0.1) is 12.7 Å². The Balaban J connectivity index is 1.95. The number of oxazole rings is 1. The number of nitrogens with zero attached hydrogens (tertiary/aromatic N) is 4. The number of rotatable bonds is 3. The molecule has 0 aliphatic heterocycles. The average molecular weight is 329 g/mol. The van der Waals surface area contributed by atoms with Gasteiger partial charge in [-0.15, -0.1) is 5.10 Å². The van der Waals surface area contributed by atoms with E-state index in [0.717, 1.165) is 9.99 Å². The quantitative estimate of drug-likeness (QED) is 0.800. The summed E-state index contributed by atoms with van der Waals surface area (Å²) in [6, 6.07) is 1.90. The van der Waals surface area contributed by atoms with Crippen LogP contribution in [0.4, 0.5) is 5.82 Å². The second-order valence-electron chi connectivity index (χ2n) is 3.50. The highest BCUT2D eigenvalue weighted by molar-refractivity contribution is 9.10.